The largest absolute Gasteiger partial charge is 0.485 e. The predicted molar refractivity (Wildman–Crippen MR) is 81.3 cm³/mol. The third-order valence-corrected chi connectivity index (χ3v) is 4.49. The number of aliphatic hydroxyl groups excluding tert-OH is 1. The van der Waals surface area contributed by atoms with E-state index in [4.69, 9.17) is 4.74 Å². The number of nitrogens with zero attached hydrogens (tertiary/aromatic N) is 2. The zero-order chi connectivity index (χ0) is 17.6. The normalized spacial score (nSPS) is 25.7. The van der Waals surface area contributed by atoms with Gasteiger partial charge in [-0.25, -0.2) is 4.79 Å². The summed E-state index contributed by atoms with van der Waals surface area (Å²) in [4.78, 5) is 15.5. The highest BCUT2D eigenvalue weighted by molar-refractivity contribution is 5.77. The van der Waals surface area contributed by atoms with Gasteiger partial charge in [0.05, 0.1) is 6.04 Å². The van der Waals surface area contributed by atoms with Crippen LogP contribution in [-0.4, -0.2) is 59.4 Å². The minimum absolute atomic E-state index is 0.0377. The average Bonchev–Trinajstić information content (AvgIpc) is 2.80. The highest BCUT2D eigenvalue weighted by Crippen LogP contribution is 2.45. The fraction of sp³-hybridized carbons (Fsp3) is 0.562. The molecular formula is C16H20F2N2O4. The van der Waals surface area contributed by atoms with Crippen LogP contribution >= 0.6 is 0 Å². The Kier molecular flexibility index (Phi) is 4.03. The lowest BCUT2D eigenvalue weighted by atomic mass is 9.85. The maximum Gasteiger partial charge on any atom is 0.387 e. The van der Waals surface area contributed by atoms with Gasteiger partial charge in [0.15, 0.2) is 0 Å². The summed E-state index contributed by atoms with van der Waals surface area (Å²) in [5.74, 6) is 0.406. The van der Waals surface area contributed by atoms with Crippen molar-refractivity contribution < 1.29 is 28.2 Å². The number of ether oxygens (including phenoxy) is 2. The molecule has 8 heteroatoms. The molecule has 1 fully saturated rings. The van der Waals surface area contributed by atoms with E-state index in [-0.39, 0.29) is 11.8 Å². The average molecular weight is 342 g/mol. The number of alkyl halides is 2. The van der Waals surface area contributed by atoms with Crippen LogP contribution in [0.2, 0.25) is 0 Å². The number of likely N-dealkylation sites (N-methyl/N-ethyl adjacent to an activating group) is 1. The number of amides is 2. The molecule has 6 nitrogen and oxygen atoms in total. The van der Waals surface area contributed by atoms with Crippen molar-refractivity contribution in [3.63, 3.8) is 0 Å². The number of urea groups is 1. The Morgan fingerprint density at radius 1 is 1.38 bits per heavy atom. The van der Waals surface area contributed by atoms with Gasteiger partial charge in [0, 0.05) is 25.7 Å². The highest BCUT2D eigenvalue weighted by atomic mass is 19.3. The minimum atomic E-state index is -2.95. The predicted octanol–water partition coefficient (Wildman–Crippen LogP) is 2.23. The van der Waals surface area contributed by atoms with Crippen molar-refractivity contribution in [3.05, 3.63) is 23.8 Å². The Balaban J connectivity index is 2.05. The summed E-state index contributed by atoms with van der Waals surface area (Å²) in [6.45, 7) is 1.47. The molecule has 3 rings (SSSR count). The van der Waals surface area contributed by atoms with Gasteiger partial charge in [-0.1, -0.05) is 0 Å². The van der Waals surface area contributed by atoms with Crippen LogP contribution in [0.1, 0.15) is 25.5 Å². The van der Waals surface area contributed by atoms with Crippen LogP contribution in [0.15, 0.2) is 18.2 Å². The van der Waals surface area contributed by atoms with E-state index in [9.17, 15) is 18.7 Å². The van der Waals surface area contributed by atoms with Gasteiger partial charge in [0.25, 0.3) is 0 Å². The van der Waals surface area contributed by atoms with Crippen molar-refractivity contribution in [2.75, 3.05) is 20.1 Å². The lowest BCUT2D eigenvalue weighted by molar-refractivity contribution is -0.0833. The zero-order valence-corrected chi connectivity index (χ0v) is 13.7. The molecule has 1 N–H and O–H groups in total. The first-order valence-corrected chi connectivity index (χ1v) is 7.68. The SMILES string of the molecule is CN1CCN(C2c3cc(OC(F)F)ccc3OC(C)(C)C2O)C1=O. The number of fused-ring (bicyclic) bond motifs is 1. The first-order chi connectivity index (χ1) is 11.2. The molecule has 2 heterocycles. The zero-order valence-electron chi connectivity index (χ0n) is 13.7. The standard InChI is InChI=1S/C16H20F2N2O4/c1-16(2)13(21)12(20-7-6-19(3)15(20)22)10-8-9(23-14(17)18)4-5-11(10)24-16/h4-5,8,12-14,21H,6-7H2,1-3H3. The summed E-state index contributed by atoms with van der Waals surface area (Å²) in [6, 6.07) is 3.40. The van der Waals surface area contributed by atoms with Crippen molar-refractivity contribution in [1.29, 1.82) is 0 Å². The van der Waals surface area contributed by atoms with Crippen molar-refractivity contribution in [2.45, 2.75) is 38.2 Å². The Morgan fingerprint density at radius 3 is 2.67 bits per heavy atom. The van der Waals surface area contributed by atoms with E-state index < -0.39 is 24.4 Å². The van der Waals surface area contributed by atoms with E-state index in [2.05, 4.69) is 4.74 Å². The van der Waals surface area contributed by atoms with Gasteiger partial charge >= 0.3 is 12.6 Å². The lowest BCUT2D eigenvalue weighted by Gasteiger charge is -2.45. The highest BCUT2D eigenvalue weighted by Gasteiger charge is 2.48. The molecular weight excluding hydrogens is 322 g/mol. The summed E-state index contributed by atoms with van der Waals surface area (Å²) in [5, 5.41) is 10.8. The Morgan fingerprint density at radius 2 is 2.08 bits per heavy atom. The summed E-state index contributed by atoms with van der Waals surface area (Å²) >= 11 is 0. The number of hydrogen-bond donors (Lipinski definition) is 1. The first-order valence-electron chi connectivity index (χ1n) is 7.68. The monoisotopic (exact) mass is 342 g/mol. The van der Waals surface area contributed by atoms with Gasteiger partial charge in [-0.15, -0.1) is 0 Å². The molecule has 0 spiro atoms. The van der Waals surface area contributed by atoms with E-state index in [0.29, 0.717) is 24.4 Å². The summed E-state index contributed by atoms with van der Waals surface area (Å²) in [6.07, 6.45) is -1.01. The molecule has 0 aromatic heterocycles. The smallest absolute Gasteiger partial charge is 0.387 e. The second-order valence-corrected chi connectivity index (χ2v) is 6.57. The number of carbonyl (C=O) groups excluding carboxylic acids is 1. The van der Waals surface area contributed by atoms with Crippen molar-refractivity contribution >= 4 is 6.03 Å². The topological polar surface area (TPSA) is 62.2 Å². The molecule has 2 unspecified atom stereocenters. The second kappa shape index (κ2) is 5.77. The molecule has 0 bridgehead atoms. The fourth-order valence-electron chi connectivity index (χ4n) is 3.19. The van der Waals surface area contributed by atoms with E-state index in [1.54, 1.807) is 30.7 Å². The van der Waals surface area contributed by atoms with Gasteiger partial charge in [0.2, 0.25) is 0 Å². The number of aliphatic hydroxyl groups is 1. The summed E-state index contributed by atoms with van der Waals surface area (Å²) in [7, 11) is 1.68. The lowest BCUT2D eigenvalue weighted by Crippen LogP contribution is -2.54. The van der Waals surface area contributed by atoms with Gasteiger partial charge in [-0.2, -0.15) is 8.78 Å². The molecule has 1 saturated heterocycles. The maximum absolute atomic E-state index is 12.5. The minimum Gasteiger partial charge on any atom is -0.485 e. The fourth-order valence-corrected chi connectivity index (χ4v) is 3.19. The molecule has 0 radical (unpaired) electrons. The van der Waals surface area contributed by atoms with Crippen LogP contribution in [0, 0.1) is 0 Å². The molecule has 1 aromatic rings. The van der Waals surface area contributed by atoms with Crippen LogP contribution in [0.5, 0.6) is 11.5 Å². The molecule has 2 atom stereocenters. The van der Waals surface area contributed by atoms with Gasteiger partial charge in [-0.3, -0.25) is 0 Å². The van der Waals surface area contributed by atoms with Gasteiger partial charge in [0.1, 0.15) is 23.2 Å². The number of rotatable bonds is 3. The number of carbonyl (C=O) groups is 1. The number of benzene rings is 1. The molecule has 1 aromatic carbocycles. The van der Waals surface area contributed by atoms with Crippen LogP contribution in [-0.2, 0) is 0 Å². The first kappa shape index (κ1) is 16.8. The molecule has 0 aliphatic carbocycles. The third kappa shape index (κ3) is 2.75. The van der Waals surface area contributed by atoms with E-state index in [1.165, 1.54) is 18.2 Å². The van der Waals surface area contributed by atoms with E-state index in [1.807, 2.05) is 0 Å². The number of hydrogen-bond acceptors (Lipinski definition) is 4. The molecule has 24 heavy (non-hydrogen) atoms. The molecule has 0 saturated carbocycles. The van der Waals surface area contributed by atoms with Crippen LogP contribution < -0.4 is 9.47 Å². The molecule has 2 aliphatic rings. The third-order valence-electron chi connectivity index (χ3n) is 4.49. The molecule has 2 aliphatic heterocycles. The van der Waals surface area contributed by atoms with Gasteiger partial charge < -0.3 is 24.4 Å². The Hall–Kier alpha value is -2.09. The van der Waals surface area contributed by atoms with E-state index in [0.717, 1.165) is 0 Å². The summed E-state index contributed by atoms with van der Waals surface area (Å²) < 4.78 is 35.2. The molecule has 132 valence electrons. The Bertz CT molecular complexity index is 653. The van der Waals surface area contributed by atoms with E-state index >= 15 is 0 Å². The van der Waals surface area contributed by atoms with Crippen LogP contribution in [0.3, 0.4) is 0 Å². The van der Waals surface area contributed by atoms with Crippen molar-refractivity contribution in [3.8, 4) is 11.5 Å². The van der Waals surface area contributed by atoms with Crippen LogP contribution in [0.25, 0.3) is 0 Å². The number of halogens is 2. The van der Waals surface area contributed by atoms with Crippen molar-refractivity contribution in [1.82, 2.24) is 9.80 Å². The quantitative estimate of drug-likeness (QED) is 0.915. The second-order valence-electron chi connectivity index (χ2n) is 6.57. The summed E-state index contributed by atoms with van der Waals surface area (Å²) in [5.41, 5.74) is -0.465. The molecule has 2 amide bonds. The van der Waals surface area contributed by atoms with Gasteiger partial charge in [-0.05, 0) is 32.0 Å². The van der Waals surface area contributed by atoms with Crippen molar-refractivity contribution in [2.24, 2.45) is 0 Å². The van der Waals surface area contributed by atoms with Crippen LogP contribution in [0.4, 0.5) is 13.6 Å². The maximum atomic E-state index is 12.5. The Labute approximate surface area is 138 Å².